The summed E-state index contributed by atoms with van der Waals surface area (Å²) in [5.41, 5.74) is 0.332. The number of benzene rings is 1. The summed E-state index contributed by atoms with van der Waals surface area (Å²) in [5.74, 6) is -1.06. The van der Waals surface area contributed by atoms with E-state index in [0.717, 1.165) is 6.07 Å². The quantitative estimate of drug-likeness (QED) is 0.768. The molecular weight excluding hydrogens is 200 g/mol. The smallest absolute Gasteiger partial charge is 0.165 e. The summed E-state index contributed by atoms with van der Waals surface area (Å²) >= 11 is 0. The first-order valence-corrected chi connectivity index (χ1v) is 4.66. The normalized spacial score (nSPS) is 13.0. The maximum absolute atomic E-state index is 13.6. The van der Waals surface area contributed by atoms with Gasteiger partial charge in [-0.1, -0.05) is 0 Å². The second kappa shape index (κ2) is 4.57. The van der Waals surface area contributed by atoms with Crippen LogP contribution in [0.15, 0.2) is 12.1 Å². The van der Waals surface area contributed by atoms with Crippen molar-refractivity contribution in [3.05, 3.63) is 29.3 Å². The van der Waals surface area contributed by atoms with Gasteiger partial charge in [-0.25, -0.2) is 8.78 Å². The van der Waals surface area contributed by atoms with Gasteiger partial charge >= 0.3 is 0 Å². The summed E-state index contributed by atoms with van der Waals surface area (Å²) < 4.78 is 31.6. The van der Waals surface area contributed by atoms with Crippen molar-refractivity contribution >= 4 is 0 Å². The van der Waals surface area contributed by atoms with Crippen LogP contribution in [0, 0.1) is 11.6 Å². The van der Waals surface area contributed by atoms with E-state index < -0.39 is 11.6 Å². The SMILES string of the molecule is COc1cc(F)c(C(C)N(C)C)cc1F. The van der Waals surface area contributed by atoms with Gasteiger partial charge < -0.3 is 9.64 Å². The molecular formula is C11H15F2NO. The fraction of sp³-hybridized carbons (Fsp3) is 0.455. The van der Waals surface area contributed by atoms with Crippen molar-refractivity contribution in [3.63, 3.8) is 0 Å². The first kappa shape index (κ1) is 11.9. The van der Waals surface area contributed by atoms with E-state index in [9.17, 15) is 8.78 Å². The Balaban J connectivity index is 3.15. The maximum Gasteiger partial charge on any atom is 0.165 e. The molecule has 0 saturated heterocycles. The Labute approximate surface area is 88.5 Å². The van der Waals surface area contributed by atoms with E-state index in [2.05, 4.69) is 0 Å². The molecule has 2 nitrogen and oxygen atoms in total. The van der Waals surface area contributed by atoms with Crippen LogP contribution >= 0.6 is 0 Å². The zero-order valence-electron chi connectivity index (χ0n) is 9.34. The molecule has 1 unspecified atom stereocenters. The standard InChI is InChI=1S/C11H15F2NO/c1-7(14(2)3)8-5-10(13)11(15-4)6-9(8)12/h5-7H,1-4H3. The monoisotopic (exact) mass is 215 g/mol. The summed E-state index contributed by atoms with van der Waals surface area (Å²) in [6.45, 7) is 1.81. The minimum absolute atomic E-state index is 0.0674. The van der Waals surface area contributed by atoms with Gasteiger partial charge in [0.25, 0.3) is 0 Å². The Morgan fingerprint density at radius 3 is 2.27 bits per heavy atom. The molecule has 1 rings (SSSR count). The lowest BCUT2D eigenvalue weighted by Crippen LogP contribution is -2.18. The fourth-order valence-corrected chi connectivity index (χ4v) is 1.30. The number of ether oxygens (including phenoxy) is 1. The Kier molecular flexibility index (Phi) is 3.63. The van der Waals surface area contributed by atoms with Crippen molar-refractivity contribution < 1.29 is 13.5 Å². The van der Waals surface area contributed by atoms with E-state index in [-0.39, 0.29) is 11.8 Å². The highest BCUT2D eigenvalue weighted by Crippen LogP contribution is 2.27. The molecule has 84 valence electrons. The fourth-order valence-electron chi connectivity index (χ4n) is 1.30. The van der Waals surface area contributed by atoms with E-state index in [1.807, 2.05) is 25.9 Å². The number of rotatable bonds is 3. The lowest BCUT2D eigenvalue weighted by atomic mass is 10.1. The van der Waals surface area contributed by atoms with Gasteiger partial charge in [0.2, 0.25) is 0 Å². The lowest BCUT2D eigenvalue weighted by Gasteiger charge is -2.21. The number of halogens is 2. The van der Waals surface area contributed by atoms with Crippen molar-refractivity contribution in [1.82, 2.24) is 4.90 Å². The second-order valence-corrected chi connectivity index (χ2v) is 3.65. The maximum atomic E-state index is 13.6. The van der Waals surface area contributed by atoms with Crippen LogP contribution in [0.5, 0.6) is 5.75 Å². The topological polar surface area (TPSA) is 12.5 Å². The van der Waals surface area contributed by atoms with Gasteiger partial charge in [-0.15, -0.1) is 0 Å². The molecule has 0 aliphatic heterocycles. The molecule has 1 aromatic rings. The van der Waals surface area contributed by atoms with Crippen LogP contribution in [0.2, 0.25) is 0 Å². The van der Waals surface area contributed by atoms with Crippen LogP contribution in [0.4, 0.5) is 8.78 Å². The largest absolute Gasteiger partial charge is 0.494 e. The summed E-state index contributed by atoms with van der Waals surface area (Å²) in [6.07, 6.45) is 0. The third kappa shape index (κ3) is 2.45. The van der Waals surface area contributed by atoms with Crippen molar-refractivity contribution in [3.8, 4) is 5.75 Å². The first-order valence-electron chi connectivity index (χ1n) is 4.66. The zero-order chi connectivity index (χ0) is 11.6. The van der Waals surface area contributed by atoms with Crippen LogP contribution in [0.3, 0.4) is 0 Å². The highest BCUT2D eigenvalue weighted by molar-refractivity contribution is 5.32. The van der Waals surface area contributed by atoms with Gasteiger partial charge in [-0.3, -0.25) is 0 Å². The lowest BCUT2D eigenvalue weighted by molar-refractivity contribution is 0.309. The summed E-state index contributed by atoms with van der Waals surface area (Å²) in [4.78, 5) is 1.81. The Morgan fingerprint density at radius 1 is 1.20 bits per heavy atom. The highest BCUT2D eigenvalue weighted by atomic mass is 19.1. The number of hydrogen-bond donors (Lipinski definition) is 0. The second-order valence-electron chi connectivity index (χ2n) is 3.65. The van der Waals surface area contributed by atoms with Crippen LogP contribution in [-0.2, 0) is 0 Å². The summed E-state index contributed by atoms with van der Waals surface area (Å²) in [6, 6.07) is 2.08. The van der Waals surface area contributed by atoms with Crippen LogP contribution < -0.4 is 4.74 Å². The molecule has 0 N–H and O–H groups in total. The van der Waals surface area contributed by atoms with Crippen LogP contribution in [0.1, 0.15) is 18.5 Å². The predicted octanol–water partition coefficient (Wildman–Crippen LogP) is 2.60. The molecule has 15 heavy (non-hydrogen) atoms. The summed E-state index contributed by atoms with van der Waals surface area (Å²) in [5, 5.41) is 0. The van der Waals surface area contributed by atoms with Gasteiger partial charge in [0.15, 0.2) is 11.6 Å². The molecule has 0 aliphatic rings. The molecule has 0 radical (unpaired) electrons. The molecule has 0 fully saturated rings. The molecule has 0 heterocycles. The average Bonchev–Trinajstić information content (AvgIpc) is 2.19. The van der Waals surface area contributed by atoms with E-state index in [1.54, 1.807) is 0 Å². The van der Waals surface area contributed by atoms with E-state index in [0.29, 0.717) is 5.56 Å². The number of hydrogen-bond acceptors (Lipinski definition) is 2. The predicted molar refractivity (Wildman–Crippen MR) is 55.0 cm³/mol. The summed E-state index contributed by atoms with van der Waals surface area (Å²) in [7, 11) is 4.94. The van der Waals surface area contributed by atoms with E-state index in [4.69, 9.17) is 4.74 Å². The Morgan fingerprint density at radius 2 is 1.80 bits per heavy atom. The number of nitrogens with zero attached hydrogens (tertiary/aromatic N) is 1. The third-order valence-corrected chi connectivity index (χ3v) is 2.50. The van der Waals surface area contributed by atoms with Crippen molar-refractivity contribution in [1.29, 1.82) is 0 Å². The van der Waals surface area contributed by atoms with E-state index in [1.165, 1.54) is 13.2 Å². The van der Waals surface area contributed by atoms with Gasteiger partial charge in [-0.05, 0) is 27.1 Å². The molecule has 0 aliphatic carbocycles. The van der Waals surface area contributed by atoms with Gasteiger partial charge in [0, 0.05) is 17.7 Å². The number of methoxy groups -OCH3 is 1. The zero-order valence-corrected chi connectivity index (χ0v) is 9.34. The Bertz CT molecular complexity index is 353. The minimum Gasteiger partial charge on any atom is -0.494 e. The molecule has 0 spiro atoms. The highest BCUT2D eigenvalue weighted by Gasteiger charge is 2.16. The first-order chi connectivity index (χ1) is 6.97. The molecule has 0 amide bonds. The van der Waals surface area contributed by atoms with Crippen molar-refractivity contribution in [2.45, 2.75) is 13.0 Å². The van der Waals surface area contributed by atoms with Gasteiger partial charge in [-0.2, -0.15) is 0 Å². The molecule has 0 saturated carbocycles. The molecule has 0 aromatic heterocycles. The molecule has 0 bridgehead atoms. The molecule has 4 heteroatoms. The van der Waals surface area contributed by atoms with Crippen molar-refractivity contribution in [2.75, 3.05) is 21.2 Å². The Hall–Kier alpha value is -1.16. The van der Waals surface area contributed by atoms with Crippen LogP contribution in [0.25, 0.3) is 0 Å². The average molecular weight is 215 g/mol. The minimum atomic E-state index is -0.539. The van der Waals surface area contributed by atoms with E-state index >= 15 is 0 Å². The van der Waals surface area contributed by atoms with Gasteiger partial charge in [0.05, 0.1) is 7.11 Å². The van der Waals surface area contributed by atoms with Crippen molar-refractivity contribution in [2.24, 2.45) is 0 Å². The van der Waals surface area contributed by atoms with Gasteiger partial charge in [0.1, 0.15) is 5.82 Å². The molecule has 1 aromatic carbocycles. The molecule has 1 atom stereocenters. The third-order valence-electron chi connectivity index (χ3n) is 2.50. The van der Waals surface area contributed by atoms with Crippen LogP contribution in [-0.4, -0.2) is 26.1 Å².